The van der Waals surface area contributed by atoms with Gasteiger partial charge in [-0.2, -0.15) is 0 Å². The molecule has 0 spiro atoms. The summed E-state index contributed by atoms with van der Waals surface area (Å²) in [5, 5.41) is 4.42. The van der Waals surface area contributed by atoms with Gasteiger partial charge in [0, 0.05) is 43.6 Å². The molecule has 0 amide bonds. The molecule has 5 nitrogen and oxygen atoms in total. The Hall–Kier alpha value is -8.15. The van der Waals surface area contributed by atoms with Crippen molar-refractivity contribution < 1.29 is 15.7 Å². The van der Waals surface area contributed by atoms with Crippen LogP contribution in [-0.4, -0.2) is 15.0 Å². The van der Waals surface area contributed by atoms with Crippen LogP contribution < -0.4 is 0 Å². The summed E-state index contributed by atoms with van der Waals surface area (Å²) in [7, 11) is 0. The van der Waals surface area contributed by atoms with E-state index in [-0.39, 0.29) is 30.2 Å². The molecule has 0 aliphatic carbocycles. The summed E-state index contributed by atoms with van der Waals surface area (Å²) in [5.41, 5.74) is 10.2. The van der Waals surface area contributed by atoms with Crippen LogP contribution >= 0.6 is 0 Å². The fourth-order valence-electron chi connectivity index (χ4n) is 8.32. The topological polar surface area (TPSA) is 65.0 Å². The molecule has 12 aromatic rings. The molecule has 0 aliphatic rings. The van der Waals surface area contributed by atoms with Gasteiger partial charge in [0.05, 0.1) is 6.85 Å². The molecule has 0 saturated heterocycles. The number of furan rings is 2. The van der Waals surface area contributed by atoms with E-state index in [1.165, 1.54) is 6.07 Å². The van der Waals surface area contributed by atoms with Gasteiger partial charge in [-0.1, -0.05) is 164 Å². The van der Waals surface area contributed by atoms with Crippen LogP contribution in [0.25, 0.3) is 122 Å². The lowest BCUT2D eigenvalue weighted by Crippen LogP contribution is -2.00. The van der Waals surface area contributed by atoms with Crippen LogP contribution in [0.15, 0.2) is 209 Å². The minimum absolute atomic E-state index is 0.00191. The number of aromatic nitrogens is 3. The molecule has 0 radical (unpaired) electrons. The first-order valence-electron chi connectivity index (χ1n) is 22.2. The first-order valence-corrected chi connectivity index (χ1v) is 19.7. The summed E-state index contributed by atoms with van der Waals surface area (Å²) < 4.78 is 55.7. The van der Waals surface area contributed by atoms with E-state index < -0.39 is 0 Å². The minimum Gasteiger partial charge on any atom is -0.456 e. The quantitative estimate of drug-likeness (QED) is 0.168. The van der Waals surface area contributed by atoms with Gasteiger partial charge in [0.25, 0.3) is 0 Å². The van der Waals surface area contributed by atoms with Gasteiger partial charge in [-0.05, 0) is 75.2 Å². The maximum atomic E-state index is 9.13. The summed E-state index contributed by atoms with van der Waals surface area (Å²) in [6.45, 7) is 0. The molecule has 0 unspecified atom stereocenters. The van der Waals surface area contributed by atoms with Crippen LogP contribution in [0.1, 0.15) is 6.85 Å². The normalized spacial score (nSPS) is 12.8. The number of nitrogens with zero attached hydrogens (tertiary/aromatic N) is 3. The zero-order valence-electron chi connectivity index (χ0n) is 36.8. The Morgan fingerprint density at radius 3 is 1.78 bits per heavy atom. The smallest absolute Gasteiger partial charge is 0.164 e. The maximum absolute atomic E-state index is 9.13. The molecule has 3 heterocycles. The summed E-state index contributed by atoms with van der Waals surface area (Å²) in [6.07, 6.45) is 0. The fraction of sp³-hybridized carbons (Fsp3) is 0. The lowest BCUT2D eigenvalue weighted by atomic mass is 9.97. The average Bonchev–Trinajstić information content (AvgIpc) is 3.92. The third-order valence-electron chi connectivity index (χ3n) is 11.2. The molecule has 0 aliphatic heterocycles. The molecule has 0 bridgehead atoms. The summed E-state index contributed by atoms with van der Waals surface area (Å²) >= 11 is 0. The van der Waals surface area contributed by atoms with Gasteiger partial charge >= 0.3 is 0 Å². The van der Waals surface area contributed by atoms with Crippen LogP contribution in [0.4, 0.5) is 0 Å². The van der Waals surface area contributed by atoms with Crippen LogP contribution in [0, 0.1) is 0 Å². The molecule has 0 N–H and O–H groups in total. The van der Waals surface area contributed by atoms with Crippen LogP contribution in [-0.2, 0) is 0 Å². The predicted molar refractivity (Wildman–Crippen MR) is 245 cm³/mol. The molecular weight excluding hydrogens is 735 g/mol. The van der Waals surface area contributed by atoms with Crippen molar-refractivity contribution in [3.05, 3.63) is 200 Å². The van der Waals surface area contributed by atoms with E-state index in [2.05, 4.69) is 48.5 Å². The molecule has 280 valence electrons. The molecule has 5 heteroatoms. The van der Waals surface area contributed by atoms with Gasteiger partial charge in [-0.25, -0.2) is 15.0 Å². The third-order valence-corrected chi connectivity index (χ3v) is 11.2. The van der Waals surface area contributed by atoms with Gasteiger partial charge in [0.1, 0.15) is 22.3 Å². The summed E-state index contributed by atoms with van der Waals surface area (Å²) in [6, 6.07) is 55.0. The maximum Gasteiger partial charge on any atom is 0.164 e. The summed E-state index contributed by atoms with van der Waals surface area (Å²) in [5.74, 6) is 1.43. The fourth-order valence-corrected chi connectivity index (χ4v) is 8.32. The van der Waals surface area contributed by atoms with Crippen LogP contribution in [0.5, 0.6) is 0 Å². The van der Waals surface area contributed by atoms with Gasteiger partial charge < -0.3 is 8.83 Å². The number of fused-ring (bicyclic) bond motifs is 8. The third kappa shape index (κ3) is 5.67. The molecule has 0 saturated carbocycles. The van der Waals surface area contributed by atoms with E-state index in [1.54, 1.807) is 12.1 Å². The lowest BCUT2D eigenvalue weighted by molar-refractivity contribution is 0.669. The van der Waals surface area contributed by atoms with E-state index in [4.69, 9.17) is 30.6 Å². The zero-order chi connectivity index (χ0) is 43.9. The second-order valence-corrected chi connectivity index (χ2v) is 14.8. The van der Waals surface area contributed by atoms with Gasteiger partial charge in [0.15, 0.2) is 17.5 Å². The van der Waals surface area contributed by atoms with E-state index in [0.29, 0.717) is 61.3 Å². The average molecular weight is 773 g/mol. The highest BCUT2D eigenvalue weighted by Gasteiger charge is 2.19. The van der Waals surface area contributed by atoms with Crippen LogP contribution in [0.3, 0.4) is 0 Å². The van der Waals surface area contributed by atoms with Crippen molar-refractivity contribution in [3.63, 3.8) is 0 Å². The zero-order valence-corrected chi connectivity index (χ0v) is 31.8. The monoisotopic (exact) mass is 772 g/mol. The molecule has 0 atom stereocenters. The van der Waals surface area contributed by atoms with Crippen LogP contribution in [0.2, 0.25) is 0 Å². The number of hydrogen-bond donors (Lipinski definition) is 0. The molecule has 60 heavy (non-hydrogen) atoms. The van der Waals surface area contributed by atoms with Gasteiger partial charge in [-0.3, -0.25) is 0 Å². The van der Waals surface area contributed by atoms with E-state index in [9.17, 15) is 0 Å². The highest BCUT2D eigenvalue weighted by molar-refractivity contribution is 6.19. The molecule has 0 fully saturated rings. The second-order valence-electron chi connectivity index (χ2n) is 14.8. The lowest BCUT2D eigenvalue weighted by Gasteiger charge is -2.10. The molecule has 9 aromatic carbocycles. The molecular formula is C55H33N3O2. The van der Waals surface area contributed by atoms with Crippen molar-refractivity contribution >= 4 is 54.6 Å². The highest BCUT2D eigenvalue weighted by Crippen LogP contribution is 2.41. The standard InChI is InChI=1S/C55H33N3O2/c1-3-12-34(13-4-1)39-17-9-18-40(32-39)54-56-53(57-55(58-54)41-29-30-45-49(33-41)59-47-22-10-20-42(50(45)47)35-14-5-2-6-15-35)38-26-24-37(25-27-38)43-21-11-23-48-51(43)46-31-28-36-16-7-8-19-44(36)52(46)60-48/h1-33H/i7D,8D,11D,16D,21D. The van der Waals surface area contributed by atoms with E-state index >= 15 is 0 Å². The van der Waals surface area contributed by atoms with Gasteiger partial charge in [0.2, 0.25) is 0 Å². The Morgan fingerprint density at radius 1 is 0.350 bits per heavy atom. The predicted octanol–water partition coefficient (Wildman–Crippen LogP) is 14.8. The van der Waals surface area contributed by atoms with Crippen molar-refractivity contribution in [1.29, 1.82) is 0 Å². The van der Waals surface area contributed by atoms with E-state index in [0.717, 1.165) is 60.9 Å². The van der Waals surface area contributed by atoms with Crippen molar-refractivity contribution in [2.24, 2.45) is 0 Å². The summed E-state index contributed by atoms with van der Waals surface area (Å²) in [4.78, 5) is 15.2. The highest BCUT2D eigenvalue weighted by atomic mass is 16.3. The Bertz CT molecular complexity index is 3890. The van der Waals surface area contributed by atoms with Crippen molar-refractivity contribution in [2.75, 3.05) is 0 Å². The number of hydrogen-bond acceptors (Lipinski definition) is 5. The Balaban J connectivity index is 1.00. The van der Waals surface area contributed by atoms with Gasteiger partial charge in [-0.15, -0.1) is 0 Å². The van der Waals surface area contributed by atoms with E-state index in [1.807, 2.05) is 103 Å². The molecule has 12 rings (SSSR count). The molecule has 3 aromatic heterocycles. The number of benzene rings is 9. The Morgan fingerprint density at radius 2 is 0.967 bits per heavy atom. The first kappa shape index (κ1) is 29.1. The second kappa shape index (κ2) is 13.8. The number of rotatable bonds is 6. The largest absolute Gasteiger partial charge is 0.456 e. The Kier molecular flexibility index (Phi) is 6.68. The first-order chi connectivity index (χ1) is 31.8. The van der Waals surface area contributed by atoms with Crippen molar-refractivity contribution in [3.8, 4) is 67.5 Å². The van der Waals surface area contributed by atoms with Crippen molar-refractivity contribution in [1.82, 2.24) is 15.0 Å². The van der Waals surface area contributed by atoms with Crippen molar-refractivity contribution in [2.45, 2.75) is 0 Å². The SMILES string of the molecule is [2H]c1cc2c(ccc3c2oc2cc([2H])c([2H])c(-c4ccc(-c5nc(-c6cccc(-c7ccccc7)c6)nc(-c6ccc7c(c6)oc6cccc(-c8ccccc8)c67)n5)cc4)c23)c([2H])c1[2H]. The Labute approximate surface area is 351 Å². The minimum atomic E-state index is -0.154.